The molecular formula is C12H12BrN3O5S. The molecule has 0 saturated heterocycles. The summed E-state index contributed by atoms with van der Waals surface area (Å²) in [6, 6.07) is 0. The maximum absolute atomic E-state index is 12.7. The lowest BCUT2D eigenvalue weighted by Gasteiger charge is -2.27. The van der Waals surface area contributed by atoms with Crippen molar-refractivity contribution in [2.75, 3.05) is 4.72 Å². The molecule has 2 rings (SSSR count). The zero-order valence-corrected chi connectivity index (χ0v) is 13.8. The van der Waals surface area contributed by atoms with Crippen LogP contribution in [0, 0.1) is 23.0 Å². The van der Waals surface area contributed by atoms with Crippen molar-refractivity contribution in [3.05, 3.63) is 57.2 Å². The zero-order valence-electron chi connectivity index (χ0n) is 11.4. The van der Waals surface area contributed by atoms with Crippen LogP contribution in [0.2, 0.25) is 0 Å². The number of halogens is 1. The van der Waals surface area contributed by atoms with Crippen LogP contribution in [0.1, 0.15) is 5.69 Å². The highest BCUT2D eigenvalue weighted by atomic mass is 79.9. The largest absolute Gasteiger partial charge is 0.364 e. The summed E-state index contributed by atoms with van der Waals surface area (Å²) in [6.45, 7) is 5.07. The van der Waals surface area contributed by atoms with Crippen molar-refractivity contribution in [1.29, 1.82) is 0 Å². The Kier molecular flexibility index (Phi) is 4.25. The van der Waals surface area contributed by atoms with Crippen molar-refractivity contribution < 1.29 is 17.9 Å². The number of nitro groups is 1. The number of hydrogen-bond donors (Lipinski definition) is 1. The maximum Gasteiger partial charge on any atom is 0.364 e. The number of allylic oxidation sites excluding steroid dienone is 2. The summed E-state index contributed by atoms with van der Waals surface area (Å²) in [5.41, 5.74) is 0.409. The van der Waals surface area contributed by atoms with E-state index in [0.29, 0.717) is 5.69 Å². The molecule has 1 N–H and O–H groups in total. The van der Waals surface area contributed by atoms with E-state index in [1.165, 1.54) is 24.3 Å². The molecule has 1 aromatic rings. The Balaban J connectivity index is 2.54. The van der Waals surface area contributed by atoms with Crippen LogP contribution in [0.4, 0.5) is 5.88 Å². The standard InChI is InChI=1S/C12H12BrN3O5S/c1-3-9-6-4-5-7-12(9,16(17)18)22(19,20)15-11-10(13)8(2)14-21-11/h3-7,9,15H,1H2,2H3. The van der Waals surface area contributed by atoms with Crippen LogP contribution >= 0.6 is 15.9 Å². The summed E-state index contributed by atoms with van der Waals surface area (Å²) < 4.78 is 32.5. The van der Waals surface area contributed by atoms with Gasteiger partial charge in [0.1, 0.15) is 4.47 Å². The molecular weight excluding hydrogens is 378 g/mol. The van der Waals surface area contributed by atoms with Crippen LogP contribution in [-0.4, -0.2) is 23.4 Å². The molecule has 22 heavy (non-hydrogen) atoms. The highest BCUT2D eigenvalue weighted by molar-refractivity contribution is 9.10. The Labute approximate surface area is 134 Å². The van der Waals surface area contributed by atoms with Gasteiger partial charge in [0, 0.05) is 11.0 Å². The molecule has 1 heterocycles. The van der Waals surface area contributed by atoms with Crippen LogP contribution in [0.3, 0.4) is 0 Å². The highest BCUT2D eigenvalue weighted by Gasteiger charge is 2.59. The van der Waals surface area contributed by atoms with Gasteiger partial charge in [0.15, 0.2) is 0 Å². The summed E-state index contributed by atoms with van der Waals surface area (Å²) in [4.78, 5) is 8.29. The molecule has 8 nitrogen and oxygen atoms in total. The second kappa shape index (κ2) is 5.69. The Morgan fingerprint density at radius 3 is 2.77 bits per heavy atom. The number of sulfonamides is 1. The summed E-state index contributed by atoms with van der Waals surface area (Å²) in [5.74, 6) is -1.25. The second-order valence-corrected chi connectivity index (χ2v) is 7.19. The zero-order chi connectivity index (χ0) is 16.5. The van der Waals surface area contributed by atoms with E-state index in [1.807, 2.05) is 0 Å². The minimum Gasteiger partial charge on any atom is -0.336 e. The predicted octanol–water partition coefficient (Wildman–Crippen LogP) is 2.39. The van der Waals surface area contributed by atoms with Crippen molar-refractivity contribution in [2.45, 2.75) is 11.8 Å². The minimum atomic E-state index is -4.49. The first kappa shape index (κ1) is 16.4. The van der Waals surface area contributed by atoms with E-state index in [1.54, 1.807) is 6.92 Å². The number of hydrogen-bond acceptors (Lipinski definition) is 6. The summed E-state index contributed by atoms with van der Waals surface area (Å²) in [5, 5.41) is 15.1. The third-order valence-corrected chi connectivity index (χ3v) is 6.04. The topological polar surface area (TPSA) is 115 Å². The number of aromatic nitrogens is 1. The lowest BCUT2D eigenvalue weighted by molar-refractivity contribution is -0.532. The number of nitrogens with one attached hydrogen (secondary N) is 1. The first-order chi connectivity index (χ1) is 10.3. The Hall–Kier alpha value is -1.94. The molecule has 0 saturated carbocycles. The molecule has 1 aliphatic carbocycles. The van der Waals surface area contributed by atoms with Gasteiger partial charge in [-0.1, -0.05) is 29.5 Å². The van der Waals surface area contributed by atoms with E-state index >= 15 is 0 Å². The average Bonchev–Trinajstić information content (AvgIpc) is 2.78. The van der Waals surface area contributed by atoms with Gasteiger partial charge in [-0.25, -0.2) is 4.72 Å². The van der Waals surface area contributed by atoms with Crippen molar-refractivity contribution in [3.8, 4) is 0 Å². The normalized spacial score (nSPS) is 24.2. The third-order valence-electron chi connectivity index (χ3n) is 3.23. The lowest BCUT2D eigenvalue weighted by atomic mass is 9.95. The van der Waals surface area contributed by atoms with Crippen molar-refractivity contribution >= 4 is 31.8 Å². The molecule has 0 radical (unpaired) electrons. The van der Waals surface area contributed by atoms with Gasteiger partial charge >= 0.3 is 14.9 Å². The van der Waals surface area contributed by atoms with E-state index < -0.39 is 25.7 Å². The van der Waals surface area contributed by atoms with Gasteiger partial charge < -0.3 is 4.52 Å². The third kappa shape index (κ3) is 2.37. The van der Waals surface area contributed by atoms with Crippen LogP contribution < -0.4 is 4.72 Å². The maximum atomic E-state index is 12.7. The average molecular weight is 390 g/mol. The van der Waals surface area contributed by atoms with E-state index in [4.69, 9.17) is 4.52 Å². The van der Waals surface area contributed by atoms with Crippen molar-refractivity contribution in [1.82, 2.24) is 5.16 Å². The predicted molar refractivity (Wildman–Crippen MR) is 83.2 cm³/mol. The van der Waals surface area contributed by atoms with Crippen LogP contribution in [0.25, 0.3) is 0 Å². The van der Waals surface area contributed by atoms with E-state index in [-0.39, 0.29) is 10.4 Å². The highest BCUT2D eigenvalue weighted by Crippen LogP contribution is 2.37. The smallest absolute Gasteiger partial charge is 0.336 e. The fraction of sp³-hybridized carbons (Fsp3) is 0.250. The molecule has 0 fully saturated rings. The molecule has 2 unspecified atom stereocenters. The quantitative estimate of drug-likeness (QED) is 0.469. The molecule has 0 bridgehead atoms. The Morgan fingerprint density at radius 1 is 1.59 bits per heavy atom. The first-order valence-corrected chi connectivity index (χ1v) is 8.31. The number of anilines is 1. The molecule has 118 valence electrons. The van der Waals surface area contributed by atoms with Gasteiger partial charge in [-0.2, -0.15) is 8.42 Å². The number of aryl methyl sites for hydroxylation is 1. The van der Waals surface area contributed by atoms with Gasteiger partial charge in [0.05, 0.1) is 11.6 Å². The van der Waals surface area contributed by atoms with Crippen LogP contribution in [0.5, 0.6) is 0 Å². The van der Waals surface area contributed by atoms with Crippen LogP contribution in [-0.2, 0) is 10.0 Å². The monoisotopic (exact) mass is 389 g/mol. The lowest BCUT2D eigenvalue weighted by Crippen LogP contribution is -2.53. The summed E-state index contributed by atoms with van der Waals surface area (Å²) in [6.07, 6.45) is 6.46. The van der Waals surface area contributed by atoms with E-state index in [9.17, 15) is 18.5 Å². The van der Waals surface area contributed by atoms with E-state index in [2.05, 4.69) is 32.4 Å². The van der Waals surface area contributed by atoms with Gasteiger partial charge in [-0.05, 0) is 22.9 Å². The minimum absolute atomic E-state index is 0.218. The van der Waals surface area contributed by atoms with Crippen molar-refractivity contribution in [3.63, 3.8) is 0 Å². The van der Waals surface area contributed by atoms with Crippen molar-refractivity contribution in [2.24, 2.45) is 5.92 Å². The van der Waals surface area contributed by atoms with Gasteiger partial charge in [0.2, 0.25) is 0 Å². The second-order valence-electron chi connectivity index (χ2n) is 4.53. The molecule has 0 amide bonds. The van der Waals surface area contributed by atoms with E-state index in [0.717, 1.165) is 6.08 Å². The molecule has 0 spiro atoms. The summed E-state index contributed by atoms with van der Waals surface area (Å²) >= 11 is 3.11. The fourth-order valence-corrected chi connectivity index (χ4v) is 3.96. The van der Waals surface area contributed by atoms with Gasteiger partial charge in [0.25, 0.3) is 5.88 Å². The summed E-state index contributed by atoms with van der Waals surface area (Å²) in [7, 11) is -4.49. The fourth-order valence-electron chi connectivity index (χ4n) is 2.05. The molecule has 2 atom stereocenters. The molecule has 1 aliphatic rings. The SMILES string of the molecule is C=CC1C=CC=CC1([N+](=O)[O-])S(=O)(=O)Nc1onc(C)c1Br. The van der Waals surface area contributed by atoms with Crippen LogP contribution in [0.15, 0.2) is 46.0 Å². The number of rotatable bonds is 5. The molecule has 1 aromatic heterocycles. The van der Waals surface area contributed by atoms with Gasteiger partial charge in [-0.3, -0.25) is 10.1 Å². The molecule has 0 aliphatic heterocycles. The Morgan fingerprint density at radius 2 is 2.27 bits per heavy atom. The Bertz CT molecular complexity index is 783. The number of nitrogens with zero attached hydrogens (tertiary/aromatic N) is 2. The molecule has 10 heteroatoms. The molecule has 0 aromatic carbocycles. The van der Waals surface area contributed by atoms with Gasteiger partial charge in [-0.15, -0.1) is 6.58 Å². The first-order valence-electron chi connectivity index (χ1n) is 6.03.